The summed E-state index contributed by atoms with van der Waals surface area (Å²) in [4.78, 5) is 10.8. The summed E-state index contributed by atoms with van der Waals surface area (Å²) in [7, 11) is -3.27. The van der Waals surface area contributed by atoms with Crippen molar-refractivity contribution in [3.05, 3.63) is 89.5 Å². The maximum Gasteiger partial charge on any atom is 0.416 e. The van der Waals surface area contributed by atoms with Crippen LogP contribution in [0, 0.1) is 0 Å². The zero-order chi connectivity index (χ0) is 32.0. The monoisotopic (exact) mass is 620 g/mol. The van der Waals surface area contributed by atoms with Crippen LogP contribution in [0.25, 0.3) is 11.1 Å². The minimum absolute atomic E-state index is 0.0292. The highest BCUT2D eigenvalue weighted by Gasteiger charge is 2.34. The van der Waals surface area contributed by atoms with Gasteiger partial charge in [0.25, 0.3) is 0 Å². The van der Waals surface area contributed by atoms with Crippen molar-refractivity contribution in [2.45, 2.75) is 68.7 Å². The number of nitrogens with zero attached hydrogens (tertiary/aromatic N) is 1. The number of aliphatic carboxylic acids is 1. The third-order valence-electron chi connectivity index (χ3n) is 7.48. The molecule has 234 valence electrons. The van der Waals surface area contributed by atoms with E-state index < -0.39 is 44.6 Å². The summed E-state index contributed by atoms with van der Waals surface area (Å²) in [5.41, 5.74) is 0.557. The van der Waals surface area contributed by atoms with E-state index in [0.29, 0.717) is 17.2 Å². The molecule has 43 heavy (non-hydrogen) atoms. The molecule has 0 aliphatic carbocycles. The van der Waals surface area contributed by atoms with Crippen LogP contribution in [0.3, 0.4) is 0 Å². The summed E-state index contributed by atoms with van der Waals surface area (Å²) in [6.45, 7) is 5.20. The number of likely N-dealkylation sites (N-methyl/N-ethyl adjacent to an activating group) is 1. The Kier molecular flexibility index (Phi) is 11.2. The fourth-order valence-corrected chi connectivity index (χ4v) is 6.18. The number of aryl methyl sites for hydroxylation is 1. The molecule has 0 fully saturated rings. The molecule has 0 heterocycles. The number of sulfonamides is 1. The Morgan fingerprint density at radius 1 is 1.00 bits per heavy atom. The SMILES string of the molecule is CC(C(=O)O)c1ccc(-c2ccc(C(F)(F)F)cc2S(=O)(=O)N(C)CC(O)CNC(C)(C)CCCc2ccccc2)cc1. The molecule has 11 heteroatoms. The van der Waals surface area contributed by atoms with Gasteiger partial charge in [0.15, 0.2) is 0 Å². The molecule has 3 aromatic rings. The molecule has 0 aliphatic rings. The first-order valence-electron chi connectivity index (χ1n) is 14.0. The number of carboxylic acid groups (broad SMARTS) is 1. The van der Waals surface area contributed by atoms with Crippen LogP contribution in [0.2, 0.25) is 0 Å². The van der Waals surface area contributed by atoms with Crippen molar-refractivity contribution in [1.29, 1.82) is 0 Å². The number of nitrogens with one attached hydrogen (secondary N) is 1. The van der Waals surface area contributed by atoms with Gasteiger partial charge in [-0.2, -0.15) is 17.5 Å². The number of β-amino-alcohol motifs (C(OH)–C–C–N with tert-alkyl or cyclic N) is 1. The zero-order valence-electron chi connectivity index (χ0n) is 24.7. The Morgan fingerprint density at radius 2 is 1.63 bits per heavy atom. The van der Waals surface area contributed by atoms with Crippen molar-refractivity contribution in [3.63, 3.8) is 0 Å². The highest BCUT2D eigenvalue weighted by Crippen LogP contribution is 2.36. The number of carbonyl (C=O) groups is 1. The van der Waals surface area contributed by atoms with Crippen LogP contribution < -0.4 is 5.32 Å². The highest BCUT2D eigenvalue weighted by molar-refractivity contribution is 7.89. The summed E-state index contributed by atoms with van der Waals surface area (Å²) in [5, 5.41) is 23.2. The van der Waals surface area contributed by atoms with Crippen molar-refractivity contribution in [2.75, 3.05) is 20.1 Å². The number of benzene rings is 3. The molecule has 3 N–H and O–H groups in total. The Bertz CT molecular complexity index is 1480. The van der Waals surface area contributed by atoms with Gasteiger partial charge in [0.2, 0.25) is 10.0 Å². The molecule has 0 aliphatic heterocycles. The summed E-state index contributed by atoms with van der Waals surface area (Å²) < 4.78 is 68.9. The lowest BCUT2D eigenvalue weighted by Gasteiger charge is -2.29. The molecule has 2 unspecified atom stereocenters. The summed E-state index contributed by atoms with van der Waals surface area (Å²) >= 11 is 0. The molecule has 0 bridgehead atoms. The van der Waals surface area contributed by atoms with E-state index in [2.05, 4.69) is 17.4 Å². The van der Waals surface area contributed by atoms with Crippen molar-refractivity contribution in [3.8, 4) is 11.1 Å². The van der Waals surface area contributed by atoms with Crippen LogP contribution >= 0.6 is 0 Å². The standard InChI is InChI=1S/C32H39F3N2O5S/c1-22(30(39)40)24-12-14-25(15-13-24)28-17-16-26(32(33,34)35)19-29(28)43(41,42)37(4)21-27(38)20-36-31(2,3)18-8-11-23-9-6-5-7-10-23/h5-7,9-10,12-17,19,22,27,36,38H,8,11,18,20-21H2,1-4H3,(H,39,40). The van der Waals surface area contributed by atoms with Gasteiger partial charge in [-0.05, 0) is 68.9 Å². The van der Waals surface area contributed by atoms with Crippen LogP contribution in [0.1, 0.15) is 56.2 Å². The van der Waals surface area contributed by atoms with Gasteiger partial charge in [-0.3, -0.25) is 4.79 Å². The molecule has 0 amide bonds. The van der Waals surface area contributed by atoms with E-state index in [4.69, 9.17) is 0 Å². The molecule has 0 saturated carbocycles. The minimum atomic E-state index is -4.78. The number of aliphatic hydroxyl groups excluding tert-OH is 1. The van der Waals surface area contributed by atoms with Crippen molar-refractivity contribution < 1.29 is 36.6 Å². The van der Waals surface area contributed by atoms with E-state index in [9.17, 15) is 36.6 Å². The second kappa shape index (κ2) is 14.0. The number of halogens is 3. The second-order valence-electron chi connectivity index (χ2n) is 11.4. The largest absolute Gasteiger partial charge is 0.481 e. The molecule has 7 nitrogen and oxygen atoms in total. The number of rotatable bonds is 14. The van der Waals surface area contributed by atoms with Gasteiger partial charge in [0, 0.05) is 31.2 Å². The van der Waals surface area contributed by atoms with Crippen molar-refractivity contribution >= 4 is 16.0 Å². The topological polar surface area (TPSA) is 107 Å². The average Bonchev–Trinajstić information content (AvgIpc) is 2.95. The maximum atomic E-state index is 13.6. The van der Waals surface area contributed by atoms with Crippen LogP contribution in [0.15, 0.2) is 77.7 Å². The average molecular weight is 621 g/mol. The first kappa shape index (κ1) is 34.2. The van der Waals surface area contributed by atoms with Crippen molar-refractivity contribution in [1.82, 2.24) is 9.62 Å². The predicted octanol–water partition coefficient (Wildman–Crippen LogP) is 5.93. The van der Waals surface area contributed by atoms with Gasteiger partial charge < -0.3 is 15.5 Å². The quantitative estimate of drug-likeness (QED) is 0.206. The normalized spacial score (nSPS) is 14.1. The van der Waals surface area contributed by atoms with E-state index in [1.165, 1.54) is 43.8 Å². The summed E-state index contributed by atoms with van der Waals surface area (Å²) in [5.74, 6) is -1.87. The van der Waals surface area contributed by atoms with E-state index >= 15 is 0 Å². The lowest BCUT2D eigenvalue weighted by molar-refractivity contribution is -0.139. The number of hydrogen-bond donors (Lipinski definition) is 3. The maximum absolute atomic E-state index is 13.6. The van der Waals surface area contributed by atoms with E-state index in [1.54, 1.807) is 0 Å². The number of alkyl halides is 3. The molecular formula is C32H39F3N2O5S. The van der Waals surface area contributed by atoms with E-state index in [1.807, 2.05) is 32.0 Å². The second-order valence-corrected chi connectivity index (χ2v) is 13.4. The van der Waals surface area contributed by atoms with Crippen LogP contribution in [-0.2, 0) is 27.4 Å². The Labute approximate surface area is 251 Å². The molecule has 0 aromatic heterocycles. The fraction of sp³-hybridized carbons (Fsp3) is 0.406. The van der Waals surface area contributed by atoms with Crippen LogP contribution in [0.5, 0.6) is 0 Å². The van der Waals surface area contributed by atoms with Gasteiger partial charge in [0.1, 0.15) is 0 Å². The Morgan fingerprint density at radius 3 is 2.21 bits per heavy atom. The first-order valence-corrected chi connectivity index (χ1v) is 15.4. The fourth-order valence-electron chi connectivity index (χ4n) is 4.73. The smallest absolute Gasteiger partial charge is 0.416 e. The number of aliphatic hydroxyl groups is 1. The van der Waals surface area contributed by atoms with Gasteiger partial charge in [-0.1, -0.05) is 60.7 Å². The lowest BCUT2D eigenvalue weighted by atomic mass is 9.95. The zero-order valence-corrected chi connectivity index (χ0v) is 25.5. The minimum Gasteiger partial charge on any atom is -0.481 e. The molecule has 3 aromatic carbocycles. The lowest BCUT2D eigenvalue weighted by Crippen LogP contribution is -2.46. The molecular weight excluding hydrogens is 581 g/mol. The van der Waals surface area contributed by atoms with E-state index in [-0.39, 0.29) is 24.2 Å². The molecule has 0 saturated heterocycles. The number of hydrogen-bond acceptors (Lipinski definition) is 5. The first-order chi connectivity index (χ1) is 20.0. The molecule has 2 atom stereocenters. The third kappa shape index (κ3) is 9.37. The van der Waals surface area contributed by atoms with E-state index in [0.717, 1.165) is 35.7 Å². The van der Waals surface area contributed by atoms with Gasteiger partial charge in [-0.25, -0.2) is 8.42 Å². The predicted molar refractivity (Wildman–Crippen MR) is 160 cm³/mol. The van der Waals surface area contributed by atoms with Crippen LogP contribution in [0.4, 0.5) is 13.2 Å². The molecule has 0 radical (unpaired) electrons. The highest BCUT2D eigenvalue weighted by atomic mass is 32.2. The Hall–Kier alpha value is -3.25. The Balaban J connectivity index is 1.76. The van der Waals surface area contributed by atoms with Crippen LogP contribution in [-0.4, -0.2) is 60.7 Å². The van der Waals surface area contributed by atoms with Gasteiger partial charge in [-0.15, -0.1) is 0 Å². The van der Waals surface area contributed by atoms with Gasteiger partial charge in [0.05, 0.1) is 22.5 Å². The molecule has 0 spiro atoms. The van der Waals surface area contributed by atoms with Gasteiger partial charge >= 0.3 is 12.1 Å². The number of carboxylic acids is 1. The molecule has 3 rings (SSSR count). The summed E-state index contributed by atoms with van der Waals surface area (Å²) in [6.07, 6.45) is -3.30. The third-order valence-corrected chi connectivity index (χ3v) is 9.35. The summed E-state index contributed by atoms with van der Waals surface area (Å²) in [6, 6.07) is 18.5. The van der Waals surface area contributed by atoms with Crippen molar-refractivity contribution in [2.24, 2.45) is 0 Å².